The van der Waals surface area contributed by atoms with Gasteiger partial charge in [-0.3, -0.25) is 0 Å². The van der Waals surface area contributed by atoms with Gasteiger partial charge in [0.05, 0.1) is 18.3 Å². The molecule has 4 nitrogen and oxygen atoms in total. The molecule has 4 heteroatoms. The van der Waals surface area contributed by atoms with Gasteiger partial charge in [0.25, 0.3) is 0 Å². The van der Waals surface area contributed by atoms with Gasteiger partial charge in [-0.15, -0.1) is 0 Å². The molecule has 0 unspecified atom stereocenters. The van der Waals surface area contributed by atoms with Gasteiger partial charge in [-0.1, -0.05) is 43.0 Å². The number of hydrogen-bond donors (Lipinski definition) is 0. The van der Waals surface area contributed by atoms with Crippen molar-refractivity contribution in [1.29, 1.82) is 0 Å². The Kier molecular flexibility index (Phi) is 5.97. The van der Waals surface area contributed by atoms with Gasteiger partial charge >= 0.3 is 11.9 Å². The predicted molar refractivity (Wildman–Crippen MR) is 76.5 cm³/mol. The molecule has 0 bridgehead atoms. The highest BCUT2D eigenvalue weighted by Crippen LogP contribution is 2.06. The maximum absolute atomic E-state index is 11.6. The highest BCUT2D eigenvalue weighted by Gasteiger charge is 2.07. The molecule has 0 heterocycles. The first-order chi connectivity index (χ1) is 9.54. The Bertz CT molecular complexity index is 553. The molecule has 0 aromatic heterocycles. The van der Waals surface area contributed by atoms with E-state index in [4.69, 9.17) is 4.74 Å². The average Bonchev–Trinajstić information content (AvgIpc) is 2.49. The lowest BCUT2D eigenvalue weighted by molar-refractivity contribution is -0.136. The lowest BCUT2D eigenvalue weighted by atomic mass is 10.2. The zero-order valence-corrected chi connectivity index (χ0v) is 11.5. The summed E-state index contributed by atoms with van der Waals surface area (Å²) in [5.74, 6) is -1.18. The smallest absolute Gasteiger partial charge is 0.342 e. The van der Waals surface area contributed by atoms with Crippen LogP contribution in [0.4, 0.5) is 0 Å². The molecule has 1 aromatic rings. The lowest BCUT2D eigenvalue weighted by Gasteiger charge is -2.01. The fourth-order valence-electron chi connectivity index (χ4n) is 1.26. The molecule has 0 spiro atoms. The van der Waals surface area contributed by atoms with Crippen LogP contribution >= 0.6 is 0 Å². The molecule has 1 rings (SSSR count). The molecule has 0 aliphatic carbocycles. The van der Waals surface area contributed by atoms with Crippen LogP contribution in [-0.4, -0.2) is 19.0 Å². The summed E-state index contributed by atoms with van der Waals surface area (Å²) in [5, 5.41) is 0. The third-order valence-electron chi connectivity index (χ3n) is 2.39. The number of hydrogen-bond acceptors (Lipinski definition) is 4. The number of carbonyl (C=O) groups is 2. The summed E-state index contributed by atoms with van der Waals surface area (Å²) in [7, 11) is 1.25. The minimum atomic E-state index is -0.625. The summed E-state index contributed by atoms with van der Waals surface area (Å²) in [4.78, 5) is 22.7. The highest BCUT2D eigenvalue weighted by atomic mass is 16.5. The Labute approximate surface area is 118 Å². The van der Waals surface area contributed by atoms with Crippen LogP contribution in [0, 0.1) is 0 Å². The van der Waals surface area contributed by atoms with Crippen LogP contribution < -0.4 is 0 Å². The van der Waals surface area contributed by atoms with Crippen LogP contribution in [0.15, 0.2) is 60.4 Å². The third kappa shape index (κ3) is 4.94. The molecular weight excluding hydrogens is 256 g/mol. The molecule has 104 valence electrons. The minimum Gasteiger partial charge on any atom is -0.466 e. The van der Waals surface area contributed by atoms with E-state index in [-0.39, 0.29) is 11.1 Å². The number of esters is 2. The molecular formula is C16H16O4. The summed E-state index contributed by atoms with van der Waals surface area (Å²) in [6, 6.07) is 9.49. The molecule has 0 fully saturated rings. The Morgan fingerprint density at radius 1 is 1.15 bits per heavy atom. The number of rotatable bonds is 5. The maximum Gasteiger partial charge on any atom is 0.342 e. The van der Waals surface area contributed by atoms with Gasteiger partial charge in [0, 0.05) is 0 Å². The first-order valence-electron chi connectivity index (χ1n) is 5.92. The monoisotopic (exact) mass is 272 g/mol. The van der Waals surface area contributed by atoms with Gasteiger partial charge in [-0.2, -0.15) is 0 Å². The summed E-state index contributed by atoms with van der Waals surface area (Å²) >= 11 is 0. The Balaban J connectivity index is 2.58. The van der Waals surface area contributed by atoms with Crippen molar-refractivity contribution in [2.24, 2.45) is 0 Å². The maximum atomic E-state index is 11.6. The lowest BCUT2D eigenvalue weighted by Crippen LogP contribution is -2.05. The summed E-state index contributed by atoms with van der Waals surface area (Å²) in [5.41, 5.74) is 1.33. The molecule has 0 atom stereocenters. The largest absolute Gasteiger partial charge is 0.466 e. The van der Waals surface area contributed by atoms with Gasteiger partial charge < -0.3 is 9.47 Å². The van der Waals surface area contributed by atoms with Crippen molar-refractivity contribution >= 4 is 18.0 Å². The van der Waals surface area contributed by atoms with E-state index < -0.39 is 11.9 Å². The van der Waals surface area contributed by atoms with E-state index in [2.05, 4.69) is 11.3 Å². The van der Waals surface area contributed by atoms with Gasteiger partial charge in [0.2, 0.25) is 0 Å². The Hall–Kier alpha value is -2.62. The Morgan fingerprint density at radius 2 is 1.80 bits per heavy atom. The molecule has 0 radical (unpaired) electrons. The van der Waals surface area contributed by atoms with E-state index >= 15 is 0 Å². The second-order valence-corrected chi connectivity index (χ2v) is 3.97. The summed E-state index contributed by atoms with van der Waals surface area (Å²) in [6.07, 6.45) is 4.36. The first kappa shape index (κ1) is 15.4. The number of benzene rings is 1. The van der Waals surface area contributed by atoms with Gasteiger partial charge in [-0.25, -0.2) is 9.59 Å². The molecule has 0 aliphatic rings. The summed E-state index contributed by atoms with van der Waals surface area (Å²) in [6.45, 7) is 5.09. The van der Waals surface area contributed by atoms with Gasteiger partial charge in [-0.05, 0) is 18.6 Å². The van der Waals surface area contributed by atoms with Crippen LogP contribution in [0.5, 0.6) is 0 Å². The third-order valence-corrected chi connectivity index (χ3v) is 2.39. The second-order valence-electron chi connectivity index (χ2n) is 3.97. The van der Waals surface area contributed by atoms with Gasteiger partial charge in [0.1, 0.15) is 6.26 Å². The zero-order chi connectivity index (χ0) is 15.0. The predicted octanol–water partition coefficient (Wildman–Crippen LogP) is 2.88. The van der Waals surface area contributed by atoms with Crippen molar-refractivity contribution in [3.05, 3.63) is 66.0 Å². The number of carbonyl (C=O) groups excluding carboxylic acids is 2. The van der Waals surface area contributed by atoms with Crippen molar-refractivity contribution in [2.45, 2.75) is 6.92 Å². The fourth-order valence-corrected chi connectivity index (χ4v) is 1.26. The molecule has 0 amide bonds. The standard InChI is InChI=1S/C16H16O4/c1-12(9-10-14-7-5-4-6-8-14)16(18)20-11-13(2)15(17)19-3/h4-11H,1H2,2-3H3. The second kappa shape index (κ2) is 7.74. The van der Waals surface area contributed by atoms with Gasteiger partial charge in [0.15, 0.2) is 0 Å². The molecule has 20 heavy (non-hydrogen) atoms. The quantitative estimate of drug-likeness (QED) is 0.358. The van der Waals surface area contributed by atoms with E-state index in [1.54, 1.807) is 12.2 Å². The normalized spacial score (nSPS) is 11.2. The van der Waals surface area contributed by atoms with Crippen molar-refractivity contribution in [2.75, 3.05) is 7.11 Å². The average molecular weight is 272 g/mol. The highest BCUT2D eigenvalue weighted by molar-refractivity contribution is 5.93. The first-order valence-corrected chi connectivity index (χ1v) is 5.92. The summed E-state index contributed by atoms with van der Waals surface area (Å²) < 4.78 is 9.30. The fraction of sp³-hybridized carbons (Fsp3) is 0.125. The van der Waals surface area contributed by atoms with Crippen LogP contribution in [0.1, 0.15) is 12.5 Å². The topological polar surface area (TPSA) is 52.6 Å². The van der Waals surface area contributed by atoms with E-state index in [9.17, 15) is 9.59 Å². The van der Waals surface area contributed by atoms with E-state index in [0.717, 1.165) is 11.8 Å². The molecule has 0 saturated heterocycles. The molecule has 0 N–H and O–H groups in total. The van der Waals surface area contributed by atoms with Crippen LogP contribution in [0.25, 0.3) is 6.08 Å². The molecule has 0 saturated carbocycles. The van der Waals surface area contributed by atoms with Crippen molar-refractivity contribution in [1.82, 2.24) is 0 Å². The molecule has 1 aromatic carbocycles. The van der Waals surface area contributed by atoms with E-state index in [0.29, 0.717) is 0 Å². The van der Waals surface area contributed by atoms with Crippen LogP contribution in [0.2, 0.25) is 0 Å². The SMILES string of the molecule is C=C(C=Cc1ccccc1)C(=O)OC=C(C)C(=O)OC. The van der Waals surface area contributed by atoms with Crippen molar-refractivity contribution in [3.63, 3.8) is 0 Å². The molecule has 0 aliphatic heterocycles. The van der Waals surface area contributed by atoms with Crippen LogP contribution in [-0.2, 0) is 19.1 Å². The number of methoxy groups -OCH3 is 1. The Morgan fingerprint density at radius 3 is 2.40 bits per heavy atom. The van der Waals surface area contributed by atoms with E-state index in [1.165, 1.54) is 14.0 Å². The minimum absolute atomic E-state index is 0.183. The number of ether oxygens (including phenoxy) is 2. The zero-order valence-electron chi connectivity index (χ0n) is 11.5. The van der Waals surface area contributed by atoms with E-state index in [1.807, 2.05) is 30.3 Å². The van der Waals surface area contributed by atoms with Crippen molar-refractivity contribution < 1.29 is 19.1 Å². The van der Waals surface area contributed by atoms with Crippen molar-refractivity contribution in [3.8, 4) is 0 Å². The van der Waals surface area contributed by atoms with Crippen LogP contribution in [0.3, 0.4) is 0 Å².